The first kappa shape index (κ1) is 4.06. The average molecular weight is 89.1 g/mol. The van der Waals surface area contributed by atoms with Gasteiger partial charge in [-0.2, -0.15) is 0 Å². The van der Waals surface area contributed by atoms with Crippen LogP contribution in [0.1, 0.15) is 0 Å². The van der Waals surface area contributed by atoms with Gasteiger partial charge >= 0.3 is 0 Å². The highest BCUT2D eigenvalue weighted by Crippen LogP contribution is 2.18. The van der Waals surface area contributed by atoms with Crippen molar-refractivity contribution in [2.75, 3.05) is 13.2 Å². The largest absolute Gasteiger partial charge is 0.375 e. The lowest BCUT2D eigenvalue weighted by atomic mass is 10.1. The van der Waals surface area contributed by atoms with E-state index in [9.17, 15) is 4.39 Å². The molecule has 2 heteroatoms. The molecule has 6 heavy (non-hydrogen) atoms. The van der Waals surface area contributed by atoms with Crippen molar-refractivity contribution in [1.29, 1.82) is 0 Å². The minimum absolute atomic E-state index is 0.174. The molecule has 1 fully saturated rings. The van der Waals surface area contributed by atoms with Crippen LogP contribution in [0.25, 0.3) is 0 Å². The third kappa shape index (κ3) is 0.522. The number of hydrogen-bond acceptors (Lipinski definition) is 1. The molecule has 1 rings (SSSR count). The molecule has 1 saturated heterocycles. The van der Waals surface area contributed by atoms with Crippen LogP contribution in [0, 0.1) is 6.92 Å². The van der Waals surface area contributed by atoms with E-state index in [0.29, 0.717) is 0 Å². The summed E-state index contributed by atoms with van der Waals surface area (Å²) in [5, 5.41) is 0. The quantitative estimate of drug-likeness (QED) is 0.421. The molecule has 1 aliphatic rings. The Kier molecular flexibility index (Phi) is 0.634. The Morgan fingerprint density at radius 1 is 1.67 bits per heavy atom. The van der Waals surface area contributed by atoms with Crippen LogP contribution in [0.2, 0.25) is 0 Å². The van der Waals surface area contributed by atoms with Gasteiger partial charge < -0.3 is 4.74 Å². The summed E-state index contributed by atoms with van der Waals surface area (Å²) >= 11 is 0. The van der Waals surface area contributed by atoms with Gasteiger partial charge in [0.1, 0.15) is 0 Å². The molecule has 0 aromatic heterocycles. The minimum atomic E-state index is -1.25. The van der Waals surface area contributed by atoms with Gasteiger partial charge in [0.25, 0.3) is 0 Å². The highest BCUT2D eigenvalue weighted by atomic mass is 19.1. The molecule has 0 spiro atoms. The van der Waals surface area contributed by atoms with Gasteiger partial charge in [0, 0.05) is 0 Å². The fourth-order valence-corrected chi connectivity index (χ4v) is 0.324. The molecule has 0 aromatic rings. The van der Waals surface area contributed by atoms with Gasteiger partial charge in [0.05, 0.1) is 13.2 Å². The van der Waals surface area contributed by atoms with Crippen molar-refractivity contribution in [3.8, 4) is 0 Å². The second kappa shape index (κ2) is 0.936. The van der Waals surface area contributed by atoms with Crippen LogP contribution in [0.15, 0.2) is 0 Å². The Morgan fingerprint density at radius 2 is 2.00 bits per heavy atom. The van der Waals surface area contributed by atoms with Crippen LogP contribution in [0.3, 0.4) is 0 Å². The van der Waals surface area contributed by atoms with Gasteiger partial charge in [-0.25, -0.2) is 4.39 Å². The lowest BCUT2D eigenvalue weighted by molar-refractivity contribution is -0.101. The summed E-state index contributed by atoms with van der Waals surface area (Å²) in [7, 11) is 0. The zero-order chi connectivity index (χ0) is 4.62. The van der Waals surface area contributed by atoms with Gasteiger partial charge in [0.2, 0.25) is 0 Å². The predicted octanol–water partition coefficient (Wildman–Crippen LogP) is 0.559. The van der Waals surface area contributed by atoms with E-state index < -0.39 is 5.67 Å². The maximum Gasteiger partial charge on any atom is 0.157 e. The van der Waals surface area contributed by atoms with Crippen molar-refractivity contribution in [3.63, 3.8) is 0 Å². The molecule has 0 bridgehead atoms. The van der Waals surface area contributed by atoms with Crippen LogP contribution in [-0.2, 0) is 4.74 Å². The summed E-state index contributed by atoms with van der Waals surface area (Å²) in [6, 6.07) is 0. The first-order chi connectivity index (χ1) is 2.71. The van der Waals surface area contributed by atoms with Crippen LogP contribution in [0.5, 0.6) is 0 Å². The van der Waals surface area contributed by atoms with E-state index in [-0.39, 0.29) is 13.2 Å². The van der Waals surface area contributed by atoms with Gasteiger partial charge in [0.15, 0.2) is 5.67 Å². The van der Waals surface area contributed by atoms with E-state index in [1.807, 2.05) is 0 Å². The summed E-state index contributed by atoms with van der Waals surface area (Å²) < 4.78 is 16.5. The smallest absolute Gasteiger partial charge is 0.157 e. The Morgan fingerprint density at radius 3 is 2.00 bits per heavy atom. The second-order valence-corrected chi connectivity index (χ2v) is 1.64. The maximum atomic E-state index is 12.0. The fourth-order valence-electron chi connectivity index (χ4n) is 0.324. The number of alkyl halides is 1. The van der Waals surface area contributed by atoms with E-state index in [4.69, 9.17) is 0 Å². The molecule has 0 aromatic carbocycles. The zero-order valence-corrected chi connectivity index (χ0v) is 3.41. The predicted molar refractivity (Wildman–Crippen MR) is 20.0 cm³/mol. The Balaban J connectivity index is 2.31. The summed E-state index contributed by atoms with van der Waals surface area (Å²) in [4.78, 5) is 0. The molecule has 0 amide bonds. The highest BCUT2D eigenvalue weighted by Gasteiger charge is 2.32. The molecule has 1 nitrogen and oxygen atoms in total. The summed E-state index contributed by atoms with van der Waals surface area (Å²) in [5.41, 5.74) is -1.25. The van der Waals surface area contributed by atoms with E-state index in [1.54, 1.807) is 0 Å². The fraction of sp³-hybridized carbons (Fsp3) is 0.750. The second-order valence-electron chi connectivity index (χ2n) is 1.64. The molecule has 1 aliphatic heterocycles. The molecular formula is C4H6FO. The molecule has 0 unspecified atom stereocenters. The van der Waals surface area contributed by atoms with E-state index in [0.717, 1.165) is 0 Å². The molecule has 0 atom stereocenters. The number of hydrogen-bond donors (Lipinski definition) is 0. The van der Waals surface area contributed by atoms with Crippen molar-refractivity contribution in [3.05, 3.63) is 6.92 Å². The van der Waals surface area contributed by atoms with E-state index in [1.165, 1.54) is 0 Å². The number of ether oxygens (including phenoxy) is 1. The molecule has 0 aliphatic carbocycles. The van der Waals surface area contributed by atoms with Gasteiger partial charge in [-0.3, -0.25) is 0 Å². The monoisotopic (exact) mass is 89.0 g/mol. The van der Waals surface area contributed by atoms with Crippen LogP contribution in [-0.4, -0.2) is 18.9 Å². The van der Waals surface area contributed by atoms with E-state index >= 15 is 0 Å². The van der Waals surface area contributed by atoms with E-state index in [2.05, 4.69) is 11.7 Å². The Bertz CT molecular complexity index is 54.6. The first-order valence-electron chi connectivity index (χ1n) is 1.83. The topological polar surface area (TPSA) is 9.23 Å². The van der Waals surface area contributed by atoms with Crippen molar-refractivity contribution >= 4 is 0 Å². The Labute approximate surface area is 36.1 Å². The SMILES string of the molecule is [CH2]C1(F)COC1. The third-order valence-electron chi connectivity index (χ3n) is 0.721. The standard InChI is InChI=1S/C4H6FO/c1-4(5)2-6-3-4/h1-3H2. The van der Waals surface area contributed by atoms with Gasteiger partial charge in [-0.1, -0.05) is 0 Å². The van der Waals surface area contributed by atoms with Crippen molar-refractivity contribution < 1.29 is 9.13 Å². The summed E-state index contributed by atoms with van der Waals surface area (Å²) in [6.07, 6.45) is 0. The molecule has 1 radical (unpaired) electrons. The van der Waals surface area contributed by atoms with Crippen LogP contribution >= 0.6 is 0 Å². The normalized spacial score (nSPS) is 29.0. The first-order valence-corrected chi connectivity index (χ1v) is 1.83. The lowest BCUT2D eigenvalue weighted by Gasteiger charge is -2.28. The molecule has 35 valence electrons. The number of rotatable bonds is 0. The van der Waals surface area contributed by atoms with Gasteiger partial charge in [-0.15, -0.1) is 0 Å². The Hall–Kier alpha value is -0.110. The van der Waals surface area contributed by atoms with Crippen molar-refractivity contribution in [2.45, 2.75) is 5.67 Å². The summed E-state index contributed by atoms with van der Waals surface area (Å²) in [6.45, 7) is 3.53. The lowest BCUT2D eigenvalue weighted by Crippen LogP contribution is -2.42. The zero-order valence-electron chi connectivity index (χ0n) is 3.41. The van der Waals surface area contributed by atoms with Crippen molar-refractivity contribution in [2.24, 2.45) is 0 Å². The van der Waals surface area contributed by atoms with Crippen molar-refractivity contribution in [1.82, 2.24) is 0 Å². The van der Waals surface area contributed by atoms with Crippen LogP contribution in [0.4, 0.5) is 4.39 Å². The third-order valence-corrected chi connectivity index (χ3v) is 0.721. The highest BCUT2D eigenvalue weighted by molar-refractivity contribution is 4.87. The molecule has 0 saturated carbocycles. The molecular weight excluding hydrogens is 83.0 g/mol. The van der Waals surface area contributed by atoms with Crippen LogP contribution < -0.4 is 0 Å². The number of halogens is 1. The minimum Gasteiger partial charge on any atom is -0.375 e. The molecule has 0 N–H and O–H groups in total. The molecule has 1 heterocycles. The maximum absolute atomic E-state index is 12.0. The summed E-state index contributed by atoms with van der Waals surface area (Å²) in [5.74, 6) is 0. The van der Waals surface area contributed by atoms with Gasteiger partial charge in [-0.05, 0) is 6.92 Å². The average Bonchev–Trinajstić information content (AvgIpc) is 1.32.